The van der Waals surface area contributed by atoms with Crippen LogP contribution >= 0.6 is 0 Å². The second-order valence-electron chi connectivity index (χ2n) is 5.63. The van der Waals surface area contributed by atoms with Gasteiger partial charge in [-0.25, -0.2) is 0 Å². The minimum atomic E-state index is -0.00296. The van der Waals surface area contributed by atoms with E-state index in [9.17, 15) is 4.79 Å². The Balaban J connectivity index is 1.92. The van der Waals surface area contributed by atoms with Crippen LogP contribution in [0.5, 0.6) is 0 Å². The van der Waals surface area contributed by atoms with E-state index < -0.39 is 0 Å². The van der Waals surface area contributed by atoms with E-state index in [-0.39, 0.29) is 5.91 Å². The van der Waals surface area contributed by atoms with Crippen LogP contribution in [0.2, 0.25) is 0 Å². The molecule has 0 unspecified atom stereocenters. The summed E-state index contributed by atoms with van der Waals surface area (Å²) in [6.07, 6.45) is 1.89. The average molecular weight is 297 g/mol. The number of amides is 1. The molecular formula is C17H19N3O2. The van der Waals surface area contributed by atoms with Gasteiger partial charge >= 0.3 is 0 Å². The molecule has 2 heterocycles. The summed E-state index contributed by atoms with van der Waals surface area (Å²) in [5.41, 5.74) is 3.56. The zero-order chi connectivity index (χ0) is 15.9. The summed E-state index contributed by atoms with van der Waals surface area (Å²) in [4.78, 5) is 14.5. The first-order valence-electron chi connectivity index (χ1n) is 7.20. The molecule has 1 amide bonds. The molecule has 22 heavy (non-hydrogen) atoms. The molecule has 0 aliphatic heterocycles. The molecule has 0 bridgehead atoms. The smallest absolute Gasteiger partial charge is 0.256 e. The summed E-state index contributed by atoms with van der Waals surface area (Å²) in [6, 6.07) is 7.92. The van der Waals surface area contributed by atoms with Crippen LogP contribution < -0.4 is 0 Å². The third-order valence-corrected chi connectivity index (χ3v) is 4.05. The van der Waals surface area contributed by atoms with Gasteiger partial charge in [-0.3, -0.25) is 4.79 Å². The van der Waals surface area contributed by atoms with E-state index in [0.29, 0.717) is 12.1 Å². The van der Waals surface area contributed by atoms with Crippen molar-refractivity contribution in [1.82, 2.24) is 14.6 Å². The summed E-state index contributed by atoms with van der Waals surface area (Å²) in [7, 11) is 3.75. The van der Waals surface area contributed by atoms with Crippen LogP contribution in [-0.2, 0) is 13.6 Å². The predicted molar refractivity (Wildman–Crippen MR) is 84.7 cm³/mol. The molecule has 1 aromatic carbocycles. The number of para-hydroxylation sites is 1. The zero-order valence-corrected chi connectivity index (χ0v) is 13.3. The van der Waals surface area contributed by atoms with E-state index in [1.54, 1.807) is 11.9 Å². The number of carbonyl (C=O) groups excluding carboxylic acids is 1. The number of benzene rings is 1. The molecule has 0 spiro atoms. The van der Waals surface area contributed by atoms with Crippen molar-refractivity contribution in [3.63, 3.8) is 0 Å². The van der Waals surface area contributed by atoms with Crippen molar-refractivity contribution < 1.29 is 9.32 Å². The third-order valence-electron chi connectivity index (χ3n) is 4.05. The minimum absolute atomic E-state index is 0.00296. The van der Waals surface area contributed by atoms with Gasteiger partial charge in [-0.05, 0) is 19.9 Å². The van der Waals surface area contributed by atoms with E-state index in [1.807, 2.05) is 55.9 Å². The number of aryl methyl sites for hydroxylation is 3. The molecule has 0 fully saturated rings. The Bertz CT molecular complexity index is 825. The minimum Gasteiger partial charge on any atom is -0.361 e. The Morgan fingerprint density at radius 1 is 1.32 bits per heavy atom. The summed E-state index contributed by atoms with van der Waals surface area (Å²) in [6.45, 7) is 4.25. The lowest BCUT2D eigenvalue weighted by Gasteiger charge is -2.16. The van der Waals surface area contributed by atoms with Gasteiger partial charge in [0, 0.05) is 36.8 Å². The van der Waals surface area contributed by atoms with Crippen LogP contribution in [0.15, 0.2) is 35.0 Å². The first-order chi connectivity index (χ1) is 10.5. The van der Waals surface area contributed by atoms with E-state index >= 15 is 0 Å². The Hall–Kier alpha value is -2.56. The van der Waals surface area contributed by atoms with E-state index in [4.69, 9.17) is 4.52 Å². The zero-order valence-electron chi connectivity index (χ0n) is 13.3. The molecule has 3 rings (SSSR count). The molecule has 0 aliphatic carbocycles. The maximum atomic E-state index is 12.8. The number of fused-ring (bicyclic) bond motifs is 1. The maximum Gasteiger partial charge on any atom is 0.256 e. The number of hydrogen-bond donors (Lipinski definition) is 0. The SMILES string of the molecule is Cc1noc(C)c1CN(C)C(=O)c1cn(C)c2ccccc12. The lowest BCUT2D eigenvalue weighted by atomic mass is 10.1. The molecule has 0 N–H and O–H groups in total. The van der Waals surface area contributed by atoms with Crippen LogP contribution in [0.25, 0.3) is 10.9 Å². The molecule has 0 radical (unpaired) electrons. The Kier molecular flexibility index (Phi) is 3.48. The quantitative estimate of drug-likeness (QED) is 0.746. The van der Waals surface area contributed by atoms with Crippen molar-refractivity contribution in [3.8, 4) is 0 Å². The number of rotatable bonds is 3. The van der Waals surface area contributed by atoms with Gasteiger partial charge in [0.2, 0.25) is 0 Å². The lowest BCUT2D eigenvalue weighted by Crippen LogP contribution is -2.26. The summed E-state index contributed by atoms with van der Waals surface area (Å²) >= 11 is 0. The van der Waals surface area contributed by atoms with Crippen LogP contribution in [0.1, 0.15) is 27.4 Å². The fraction of sp³-hybridized carbons (Fsp3) is 0.294. The van der Waals surface area contributed by atoms with Crippen LogP contribution in [0.3, 0.4) is 0 Å². The first-order valence-corrected chi connectivity index (χ1v) is 7.20. The fourth-order valence-electron chi connectivity index (χ4n) is 2.75. The monoisotopic (exact) mass is 297 g/mol. The van der Waals surface area contributed by atoms with Crippen molar-refractivity contribution in [1.29, 1.82) is 0 Å². The van der Waals surface area contributed by atoms with Gasteiger partial charge < -0.3 is 14.0 Å². The molecule has 3 aromatic rings. The molecule has 5 nitrogen and oxygen atoms in total. The highest BCUT2D eigenvalue weighted by atomic mass is 16.5. The van der Waals surface area contributed by atoms with Gasteiger partial charge in [0.25, 0.3) is 5.91 Å². The van der Waals surface area contributed by atoms with Crippen molar-refractivity contribution in [3.05, 3.63) is 53.0 Å². The van der Waals surface area contributed by atoms with Crippen molar-refractivity contribution in [2.45, 2.75) is 20.4 Å². The van der Waals surface area contributed by atoms with Crippen LogP contribution in [-0.4, -0.2) is 27.6 Å². The fourth-order valence-corrected chi connectivity index (χ4v) is 2.75. The second-order valence-corrected chi connectivity index (χ2v) is 5.63. The van der Waals surface area contributed by atoms with Crippen molar-refractivity contribution in [2.24, 2.45) is 7.05 Å². The summed E-state index contributed by atoms with van der Waals surface area (Å²) in [5.74, 6) is 0.756. The molecule has 0 atom stereocenters. The molecule has 114 valence electrons. The number of aromatic nitrogens is 2. The predicted octanol–water partition coefficient (Wildman–Crippen LogP) is 3.06. The molecular weight excluding hydrogens is 278 g/mol. The van der Waals surface area contributed by atoms with Crippen molar-refractivity contribution in [2.75, 3.05) is 7.05 Å². The Labute approximate surface area is 129 Å². The molecule has 0 saturated heterocycles. The average Bonchev–Trinajstić information content (AvgIpc) is 3.01. The van der Waals surface area contributed by atoms with Crippen LogP contribution in [0.4, 0.5) is 0 Å². The topological polar surface area (TPSA) is 51.3 Å². The Morgan fingerprint density at radius 3 is 2.73 bits per heavy atom. The second kappa shape index (κ2) is 5.33. The molecule has 2 aromatic heterocycles. The molecule has 0 saturated carbocycles. The van der Waals surface area contributed by atoms with Gasteiger partial charge in [-0.2, -0.15) is 0 Å². The normalized spacial score (nSPS) is 11.1. The highest BCUT2D eigenvalue weighted by molar-refractivity contribution is 6.06. The van der Waals surface area contributed by atoms with Gasteiger partial charge in [-0.15, -0.1) is 0 Å². The molecule has 5 heteroatoms. The van der Waals surface area contributed by atoms with E-state index in [2.05, 4.69) is 5.16 Å². The number of carbonyl (C=O) groups is 1. The highest BCUT2D eigenvalue weighted by Gasteiger charge is 2.20. The first kappa shape index (κ1) is 14.4. The maximum absolute atomic E-state index is 12.8. The largest absolute Gasteiger partial charge is 0.361 e. The van der Waals surface area contributed by atoms with Crippen LogP contribution in [0, 0.1) is 13.8 Å². The number of hydrogen-bond acceptors (Lipinski definition) is 3. The van der Waals surface area contributed by atoms with Gasteiger partial charge in [0.05, 0.1) is 17.8 Å². The van der Waals surface area contributed by atoms with Gasteiger partial charge in [-0.1, -0.05) is 23.4 Å². The standard InChI is InChI=1S/C17H19N3O2/c1-11-14(12(2)22-18-11)9-20(4)17(21)15-10-19(3)16-8-6-5-7-13(15)16/h5-8,10H,9H2,1-4H3. The van der Waals surface area contributed by atoms with E-state index in [0.717, 1.165) is 27.9 Å². The van der Waals surface area contributed by atoms with Gasteiger partial charge in [0.15, 0.2) is 0 Å². The summed E-state index contributed by atoms with van der Waals surface area (Å²) < 4.78 is 7.14. The number of nitrogens with zero attached hydrogens (tertiary/aromatic N) is 3. The lowest BCUT2D eigenvalue weighted by molar-refractivity contribution is 0.0786. The Morgan fingerprint density at radius 2 is 2.05 bits per heavy atom. The highest BCUT2D eigenvalue weighted by Crippen LogP contribution is 2.22. The van der Waals surface area contributed by atoms with E-state index in [1.165, 1.54) is 0 Å². The summed E-state index contributed by atoms with van der Waals surface area (Å²) in [5, 5.41) is 4.91. The third kappa shape index (κ3) is 2.28. The molecule has 0 aliphatic rings. The van der Waals surface area contributed by atoms with Crippen molar-refractivity contribution >= 4 is 16.8 Å². The van der Waals surface area contributed by atoms with Gasteiger partial charge in [0.1, 0.15) is 5.76 Å².